The lowest BCUT2D eigenvalue weighted by atomic mass is 9.86. The average Bonchev–Trinajstić information content (AvgIpc) is 3.82. The van der Waals surface area contributed by atoms with Crippen molar-refractivity contribution < 1.29 is 28.3 Å². The quantitative estimate of drug-likeness (QED) is 0.130. The predicted octanol–water partition coefficient (Wildman–Crippen LogP) is 7.44. The van der Waals surface area contributed by atoms with Gasteiger partial charge in [0.1, 0.15) is 23.0 Å². The number of carboxylic acid groups (broad SMARTS) is 1. The topological polar surface area (TPSA) is 122 Å². The Morgan fingerprint density at radius 1 is 1.04 bits per heavy atom. The number of amides is 2. The Hall–Kier alpha value is -5.45. The number of carbonyl (C=O) groups excluding carboxylic acids is 2. The van der Waals surface area contributed by atoms with Gasteiger partial charge in [-0.1, -0.05) is 25.6 Å². The molecule has 0 saturated carbocycles. The SMILES string of the molecule is C=C(c1ccc(C)c2[nH]c(C(=O)O)cc12)C(C)Cc1cc(F)c2cc(C(=O)Nc3cc(F)cc(N4CCC(N(C)C(C)=O)C4)c3)[nH]c2c1C. The van der Waals surface area contributed by atoms with E-state index in [1.54, 1.807) is 24.1 Å². The van der Waals surface area contributed by atoms with Crippen molar-refractivity contribution >= 4 is 56.5 Å². The summed E-state index contributed by atoms with van der Waals surface area (Å²) >= 11 is 0. The highest BCUT2D eigenvalue weighted by Gasteiger charge is 2.28. The first kappa shape index (κ1) is 33.5. The van der Waals surface area contributed by atoms with Crippen molar-refractivity contribution in [2.24, 2.45) is 5.92 Å². The number of benzene rings is 3. The van der Waals surface area contributed by atoms with E-state index in [1.807, 2.05) is 37.8 Å². The van der Waals surface area contributed by atoms with Crippen molar-refractivity contribution in [2.45, 2.75) is 46.6 Å². The fraction of sp³-hybridized carbons (Fsp3) is 0.289. The molecular formula is C38H39F2N5O4. The molecule has 0 spiro atoms. The molecule has 6 rings (SSSR count). The molecule has 11 heteroatoms. The smallest absolute Gasteiger partial charge is 0.352 e. The zero-order valence-corrected chi connectivity index (χ0v) is 28.1. The number of hydrogen-bond donors (Lipinski definition) is 4. The molecule has 1 aliphatic rings. The second-order valence-corrected chi connectivity index (χ2v) is 13.1. The normalized spacial score (nSPS) is 15.2. The summed E-state index contributed by atoms with van der Waals surface area (Å²) in [4.78, 5) is 46.5. The van der Waals surface area contributed by atoms with Gasteiger partial charge in [-0.15, -0.1) is 0 Å². The van der Waals surface area contributed by atoms with Gasteiger partial charge in [0.25, 0.3) is 5.91 Å². The molecule has 2 unspecified atom stereocenters. The third-order valence-electron chi connectivity index (χ3n) is 9.89. The van der Waals surface area contributed by atoms with Crippen LogP contribution in [0.4, 0.5) is 20.2 Å². The third-order valence-corrected chi connectivity index (χ3v) is 9.89. The minimum absolute atomic E-state index is 0.0130. The molecular weight excluding hydrogens is 628 g/mol. The molecule has 2 aromatic heterocycles. The maximum Gasteiger partial charge on any atom is 0.352 e. The van der Waals surface area contributed by atoms with Gasteiger partial charge in [-0.25, -0.2) is 13.6 Å². The molecule has 1 fully saturated rings. The van der Waals surface area contributed by atoms with Gasteiger partial charge in [0.05, 0.1) is 11.6 Å². The van der Waals surface area contributed by atoms with Crippen LogP contribution < -0.4 is 10.2 Å². The molecule has 49 heavy (non-hydrogen) atoms. The van der Waals surface area contributed by atoms with Crippen molar-refractivity contribution in [1.29, 1.82) is 0 Å². The van der Waals surface area contributed by atoms with Crippen molar-refractivity contribution in [1.82, 2.24) is 14.9 Å². The first-order valence-corrected chi connectivity index (χ1v) is 16.2. The highest BCUT2D eigenvalue weighted by atomic mass is 19.1. The van der Waals surface area contributed by atoms with E-state index in [0.717, 1.165) is 45.2 Å². The Morgan fingerprint density at radius 2 is 1.76 bits per heavy atom. The maximum atomic E-state index is 15.5. The summed E-state index contributed by atoms with van der Waals surface area (Å²) in [7, 11) is 1.75. The minimum atomic E-state index is -1.05. The van der Waals surface area contributed by atoms with Crippen molar-refractivity contribution in [3.05, 3.63) is 100 Å². The van der Waals surface area contributed by atoms with Crippen LogP contribution in [-0.2, 0) is 11.2 Å². The number of carbonyl (C=O) groups is 3. The lowest BCUT2D eigenvalue weighted by molar-refractivity contribution is -0.129. The molecule has 1 saturated heterocycles. The molecule has 4 N–H and O–H groups in total. The van der Waals surface area contributed by atoms with Crippen LogP contribution in [0.15, 0.2) is 55.1 Å². The number of hydrogen-bond acceptors (Lipinski definition) is 4. The summed E-state index contributed by atoms with van der Waals surface area (Å²) in [5.74, 6) is -2.74. The van der Waals surface area contributed by atoms with E-state index in [-0.39, 0.29) is 40.3 Å². The molecule has 1 aliphatic heterocycles. The summed E-state index contributed by atoms with van der Waals surface area (Å²) < 4.78 is 30.2. The Morgan fingerprint density at radius 3 is 2.47 bits per heavy atom. The number of aromatic amines is 2. The van der Waals surface area contributed by atoms with Crippen molar-refractivity contribution in [3.8, 4) is 0 Å². The molecule has 5 aromatic rings. The molecule has 2 amide bonds. The standard InChI is InChI=1S/C38H39F2N5O4/c1-19-7-8-29(30-16-34(38(48)49)43-35(19)30)21(3)20(2)11-24-12-32(40)31-17-33(42-36(31)22(24)4)37(47)41-26-13-25(39)14-28(15-26)45-10-9-27(18-45)44(6)23(5)46/h7-8,12-17,20,27,42-43H,3,9-11,18H2,1-2,4-6H3,(H,41,47)(H,48,49). The zero-order chi connectivity index (χ0) is 35.3. The number of aromatic carboxylic acids is 1. The number of halogens is 2. The number of anilines is 2. The number of fused-ring (bicyclic) bond motifs is 2. The lowest BCUT2D eigenvalue weighted by Gasteiger charge is -2.24. The number of nitrogens with zero attached hydrogens (tertiary/aromatic N) is 2. The lowest BCUT2D eigenvalue weighted by Crippen LogP contribution is -2.37. The van der Waals surface area contributed by atoms with Gasteiger partial charge < -0.3 is 30.2 Å². The van der Waals surface area contributed by atoms with Crippen LogP contribution in [-0.4, -0.2) is 63.9 Å². The van der Waals surface area contributed by atoms with Crippen LogP contribution in [0.2, 0.25) is 0 Å². The Kier molecular flexibility index (Phi) is 8.79. The first-order chi connectivity index (χ1) is 23.2. The molecule has 9 nitrogen and oxygen atoms in total. The minimum Gasteiger partial charge on any atom is -0.477 e. The molecule has 0 radical (unpaired) electrons. The van der Waals surface area contributed by atoms with E-state index < -0.39 is 23.5 Å². The number of likely N-dealkylation sites (N-methyl/N-ethyl adjacent to an activating group) is 1. The molecule has 2 atom stereocenters. The number of aryl methyl sites for hydroxylation is 2. The highest BCUT2D eigenvalue weighted by Crippen LogP contribution is 2.35. The Labute approximate surface area is 282 Å². The molecule has 3 aromatic carbocycles. The Balaban J connectivity index is 1.21. The second kappa shape index (κ2) is 12.9. The summed E-state index contributed by atoms with van der Waals surface area (Å²) in [5, 5.41) is 13.3. The van der Waals surface area contributed by atoms with Crippen LogP contribution in [0.25, 0.3) is 27.4 Å². The van der Waals surface area contributed by atoms with E-state index in [0.29, 0.717) is 30.7 Å². The van der Waals surface area contributed by atoms with Crippen molar-refractivity contribution in [2.75, 3.05) is 30.4 Å². The van der Waals surface area contributed by atoms with Gasteiger partial charge in [0.15, 0.2) is 0 Å². The number of H-pyrrole nitrogens is 2. The molecule has 254 valence electrons. The summed E-state index contributed by atoms with van der Waals surface area (Å²) in [6.07, 6.45) is 1.20. The van der Waals surface area contributed by atoms with E-state index in [1.165, 1.54) is 31.2 Å². The van der Waals surface area contributed by atoms with Crippen LogP contribution in [0.3, 0.4) is 0 Å². The number of allylic oxidation sites excluding steroid dienone is 1. The second-order valence-electron chi connectivity index (χ2n) is 13.1. The average molecular weight is 668 g/mol. The van der Waals surface area contributed by atoms with E-state index >= 15 is 4.39 Å². The van der Waals surface area contributed by atoms with Crippen LogP contribution in [0.1, 0.15) is 63.5 Å². The summed E-state index contributed by atoms with van der Waals surface area (Å²) in [6, 6.07) is 12.7. The van der Waals surface area contributed by atoms with E-state index in [2.05, 4.69) is 21.9 Å². The first-order valence-electron chi connectivity index (χ1n) is 16.2. The van der Waals surface area contributed by atoms with Crippen molar-refractivity contribution in [3.63, 3.8) is 0 Å². The van der Waals surface area contributed by atoms with E-state index in [9.17, 15) is 23.9 Å². The third kappa shape index (κ3) is 6.40. The number of rotatable bonds is 9. The monoisotopic (exact) mass is 667 g/mol. The Bertz CT molecular complexity index is 2170. The maximum absolute atomic E-state index is 15.5. The van der Waals surface area contributed by atoms with Crippen LogP contribution in [0.5, 0.6) is 0 Å². The summed E-state index contributed by atoms with van der Waals surface area (Å²) in [5.41, 5.74) is 6.36. The van der Waals surface area contributed by atoms with Crippen LogP contribution in [0, 0.1) is 31.4 Å². The van der Waals surface area contributed by atoms with Gasteiger partial charge in [-0.2, -0.15) is 0 Å². The van der Waals surface area contributed by atoms with Gasteiger partial charge in [-0.05, 0) is 96.8 Å². The van der Waals surface area contributed by atoms with E-state index in [4.69, 9.17) is 0 Å². The summed E-state index contributed by atoms with van der Waals surface area (Å²) in [6.45, 7) is 12.8. The number of aromatic nitrogens is 2. The largest absolute Gasteiger partial charge is 0.477 e. The van der Waals surface area contributed by atoms with Gasteiger partial charge in [0, 0.05) is 54.7 Å². The van der Waals surface area contributed by atoms with Gasteiger partial charge >= 0.3 is 5.97 Å². The molecule has 0 bridgehead atoms. The fourth-order valence-corrected chi connectivity index (χ4v) is 6.82. The molecule has 3 heterocycles. The predicted molar refractivity (Wildman–Crippen MR) is 188 cm³/mol. The number of carboxylic acids is 1. The highest BCUT2D eigenvalue weighted by molar-refractivity contribution is 6.06. The molecule has 0 aliphatic carbocycles. The zero-order valence-electron chi connectivity index (χ0n) is 28.1. The fourth-order valence-electron chi connectivity index (χ4n) is 6.82. The van der Waals surface area contributed by atoms with Gasteiger partial charge in [0.2, 0.25) is 5.91 Å². The van der Waals surface area contributed by atoms with Gasteiger partial charge in [-0.3, -0.25) is 9.59 Å². The number of nitrogens with one attached hydrogen (secondary N) is 3. The van der Waals surface area contributed by atoms with Crippen LogP contribution >= 0.6 is 0 Å².